The van der Waals surface area contributed by atoms with Gasteiger partial charge in [0.15, 0.2) is 0 Å². The van der Waals surface area contributed by atoms with Crippen molar-refractivity contribution in [2.45, 2.75) is 50.5 Å². The van der Waals surface area contributed by atoms with Gasteiger partial charge in [-0.2, -0.15) is 5.26 Å². The number of aliphatic hydroxyl groups excluding tert-OH is 3. The highest BCUT2D eigenvalue weighted by Crippen LogP contribution is 2.28. The molecule has 4 N–H and O–H groups in total. The van der Waals surface area contributed by atoms with Crippen molar-refractivity contribution in [2.75, 3.05) is 31.2 Å². The Labute approximate surface area is 199 Å². The molecular weight excluding hydrogens is 434 g/mol. The van der Waals surface area contributed by atoms with Crippen LogP contribution in [0.4, 0.5) is 5.69 Å². The third-order valence-electron chi connectivity index (χ3n) is 6.82. The number of amides is 1. The number of nitrogens with one attached hydrogen (secondary N) is 1. The van der Waals surface area contributed by atoms with Gasteiger partial charge in [0.25, 0.3) is 5.91 Å². The Balaban J connectivity index is 1.53. The summed E-state index contributed by atoms with van der Waals surface area (Å²) < 4.78 is 5.31. The quantitative estimate of drug-likeness (QED) is 0.391. The van der Waals surface area contributed by atoms with Gasteiger partial charge in [-0.25, -0.2) is 0 Å². The summed E-state index contributed by atoms with van der Waals surface area (Å²) >= 11 is 0. The number of carbonyl (C=O) groups excluding carboxylic acids is 1. The molecule has 0 radical (unpaired) electrons. The number of piperidine rings is 1. The fourth-order valence-electron chi connectivity index (χ4n) is 4.68. The van der Waals surface area contributed by atoms with Crippen LogP contribution in [-0.4, -0.2) is 71.9 Å². The van der Waals surface area contributed by atoms with Crippen LogP contribution in [0, 0.1) is 11.3 Å². The predicted octanol–water partition coefficient (Wildman–Crippen LogP) is 1.72. The molecule has 0 unspecified atom stereocenters. The molecule has 4 atom stereocenters. The second-order valence-electron chi connectivity index (χ2n) is 9.02. The smallest absolute Gasteiger partial charge is 0.262 e. The van der Waals surface area contributed by atoms with Crippen LogP contribution in [0.2, 0.25) is 0 Å². The standard InChI is InChI=1S/C26H31N3O5/c1-16(21(13-27)26(33)28-22-15-34-23(14-30)25(32)24(22)31)17-5-6-19-12-20(8-7-18(19)11-17)29-9-3-2-4-10-29/h5-8,11-12,22-25,30-32H,2-4,9-10,14-15H2,1H3,(H,28,33)/b21-16+/t22-,23+,24+,25+/m0/s1. The van der Waals surface area contributed by atoms with Crippen molar-refractivity contribution in [2.24, 2.45) is 0 Å². The van der Waals surface area contributed by atoms with Crippen LogP contribution < -0.4 is 10.2 Å². The number of nitrogens with zero attached hydrogens (tertiary/aromatic N) is 2. The van der Waals surface area contributed by atoms with Crippen molar-refractivity contribution < 1.29 is 24.9 Å². The van der Waals surface area contributed by atoms with Gasteiger partial charge < -0.3 is 30.3 Å². The number of aliphatic hydroxyl groups is 3. The Morgan fingerprint density at radius 3 is 2.53 bits per heavy atom. The molecule has 0 spiro atoms. The molecule has 2 saturated heterocycles. The minimum atomic E-state index is -1.34. The van der Waals surface area contributed by atoms with Crippen molar-refractivity contribution in [3.8, 4) is 6.07 Å². The van der Waals surface area contributed by atoms with Crippen LogP contribution in [0.15, 0.2) is 42.0 Å². The minimum absolute atomic E-state index is 0.0738. The molecule has 0 bridgehead atoms. The molecule has 2 heterocycles. The van der Waals surface area contributed by atoms with Gasteiger partial charge in [0.1, 0.15) is 30.0 Å². The molecule has 4 rings (SSSR count). The van der Waals surface area contributed by atoms with Gasteiger partial charge in [0, 0.05) is 18.8 Å². The number of hydrogen-bond acceptors (Lipinski definition) is 7. The van der Waals surface area contributed by atoms with Gasteiger partial charge >= 0.3 is 0 Å². The van der Waals surface area contributed by atoms with Crippen molar-refractivity contribution in [1.82, 2.24) is 5.32 Å². The predicted molar refractivity (Wildman–Crippen MR) is 129 cm³/mol. The summed E-state index contributed by atoms with van der Waals surface area (Å²) in [4.78, 5) is 15.3. The molecule has 0 aromatic heterocycles. The van der Waals surface area contributed by atoms with Crippen molar-refractivity contribution >= 4 is 27.9 Å². The van der Waals surface area contributed by atoms with E-state index in [0.717, 1.165) is 29.4 Å². The Morgan fingerprint density at radius 1 is 1.12 bits per heavy atom. The SMILES string of the molecule is C/C(=C(/C#N)C(=O)N[C@H]1CO[C@H](CO)[C@@H](O)[C@@H]1O)c1ccc2cc(N3CCCCC3)ccc2c1. The highest BCUT2D eigenvalue weighted by molar-refractivity contribution is 6.05. The fraction of sp³-hybridized carbons (Fsp3) is 0.462. The summed E-state index contributed by atoms with van der Waals surface area (Å²) in [6.45, 7) is 3.34. The lowest BCUT2D eigenvalue weighted by atomic mass is 9.96. The van der Waals surface area contributed by atoms with Gasteiger partial charge in [0.2, 0.25) is 0 Å². The molecule has 2 aromatic carbocycles. The highest BCUT2D eigenvalue weighted by atomic mass is 16.5. The van der Waals surface area contributed by atoms with Crippen LogP contribution >= 0.6 is 0 Å². The zero-order chi connectivity index (χ0) is 24.2. The number of fused-ring (bicyclic) bond motifs is 1. The van der Waals surface area contributed by atoms with E-state index in [1.165, 1.54) is 24.9 Å². The Hall–Kier alpha value is -2.96. The van der Waals surface area contributed by atoms with E-state index in [1.54, 1.807) is 6.92 Å². The maximum absolute atomic E-state index is 12.8. The number of rotatable bonds is 5. The Morgan fingerprint density at radius 2 is 1.82 bits per heavy atom. The summed E-state index contributed by atoms with van der Waals surface area (Å²) in [6, 6.07) is 13.3. The fourth-order valence-corrected chi connectivity index (χ4v) is 4.68. The molecule has 2 fully saturated rings. The highest BCUT2D eigenvalue weighted by Gasteiger charge is 2.39. The molecule has 2 aromatic rings. The summed E-state index contributed by atoms with van der Waals surface area (Å²) in [5.41, 5.74) is 2.41. The second kappa shape index (κ2) is 10.5. The van der Waals surface area contributed by atoms with Gasteiger partial charge in [0.05, 0.1) is 19.3 Å². The lowest BCUT2D eigenvalue weighted by molar-refractivity contribution is -0.163. The number of hydrogen-bond donors (Lipinski definition) is 4. The zero-order valence-corrected chi connectivity index (χ0v) is 19.3. The van der Waals surface area contributed by atoms with E-state index in [4.69, 9.17) is 4.74 Å². The molecule has 0 saturated carbocycles. The van der Waals surface area contributed by atoms with E-state index in [9.17, 15) is 25.4 Å². The lowest BCUT2D eigenvalue weighted by Gasteiger charge is -2.37. The van der Waals surface area contributed by atoms with Crippen LogP contribution in [0.5, 0.6) is 0 Å². The van der Waals surface area contributed by atoms with Crippen molar-refractivity contribution in [1.29, 1.82) is 5.26 Å². The average Bonchev–Trinajstić information content (AvgIpc) is 2.87. The van der Waals surface area contributed by atoms with Gasteiger partial charge in [-0.1, -0.05) is 18.2 Å². The lowest BCUT2D eigenvalue weighted by Crippen LogP contribution is -2.60. The molecule has 2 aliphatic heterocycles. The molecule has 8 heteroatoms. The Bertz CT molecular complexity index is 1120. The van der Waals surface area contributed by atoms with Crippen LogP contribution in [0.1, 0.15) is 31.7 Å². The molecule has 180 valence electrons. The normalized spacial score (nSPS) is 26.0. The third kappa shape index (κ3) is 4.93. The zero-order valence-electron chi connectivity index (χ0n) is 19.3. The summed E-state index contributed by atoms with van der Waals surface area (Å²) in [6.07, 6.45) is 0.143. The third-order valence-corrected chi connectivity index (χ3v) is 6.82. The van der Waals surface area contributed by atoms with Crippen molar-refractivity contribution in [3.63, 3.8) is 0 Å². The van der Waals surface area contributed by atoms with Crippen LogP contribution in [0.25, 0.3) is 16.3 Å². The number of carbonyl (C=O) groups is 1. The Kier molecular flexibility index (Phi) is 7.49. The number of anilines is 1. The summed E-state index contributed by atoms with van der Waals surface area (Å²) in [5.74, 6) is -0.650. The van der Waals surface area contributed by atoms with Gasteiger partial charge in [-0.05, 0) is 66.3 Å². The summed E-state index contributed by atoms with van der Waals surface area (Å²) in [7, 11) is 0. The number of benzene rings is 2. The molecule has 34 heavy (non-hydrogen) atoms. The van der Waals surface area contributed by atoms with Gasteiger partial charge in [-0.3, -0.25) is 4.79 Å². The first-order valence-corrected chi connectivity index (χ1v) is 11.7. The van der Waals surface area contributed by atoms with Crippen molar-refractivity contribution in [3.05, 3.63) is 47.5 Å². The topological polar surface area (TPSA) is 126 Å². The van der Waals surface area contributed by atoms with E-state index < -0.39 is 36.9 Å². The van der Waals surface area contributed by atoms with E-state index in [2.05, 4.69) is 28.4 Å². The molecular formula is C26H31N3O5. The molecule has 2 aliphatic rings. The van der Waals surface area contributed by atoms with E-state index in [0.29, 0.717) is 5.57 Å². The second-order valence-corrected chi connectivity index (χ2v) is 9.02. The van der Waals surface area contributed by atoms with Crippen LogP contribution in [-0.2, 0) is 9.53 Å². The van der Waals surface area contributed by atoms with E-state index in [1.807, 2.05) is 24.3 Å². The molecule has 0 aliphatic carbocycles. The first-order chi connectivity index (χ1) is 16.4. The maximum atomic E-state index is 12.8. The number of nitriles is 1. The maximum Gasteiger partial charge on any atom is 0.262 e. The van der Waals surface area contributed by atoms with Crippen LogP contribution in [0.3, 0.4) is 0 Å². The van der Waals surface area contributed by atoms with E-state index >= 15 is 0 Å². The number of ether oxygens (including phenoxy) is 1. The first kappa shape index (κ1) is 24.2. The average molecular weight is 466 g/mol. The molecule has 1 amide bonds. The number of allylic oxidation sites excluding steroid dienone is 1. The molecule has 8 nitrogen and oxygen atoms in total. The monoisotopic (exact) mass is 465 g/mol. The van der Waals surface area contributed by atoms with Gasteiger partial charge in [-0.15, -0.1) is 0 Å². The first-order valence-electron chi connectivity index (χ1n) is 11.7. The minimum Gasteiger partial charge on any atom is -0.394 e. The largest absolute Gasteiger partial charge is 0.394 e. The summed E-state index contributed by atoms with van der Waals surface area (Å²) in [5, 5.41) is 43.9. The van der Waals surface area contributed by atoms with E-state index in [-0.39, 0.29) is 12.2 Å².